The van der Waals surface area contributed by atoms with Gasteiger partial charge in [-0.1, -0.05) is 0 Å². The summed E-state index contributed by atoms with van der Waals surface area (Å²) in [6, 6.07) is 1.40. The highest BCUT2D eigenvalue weighted by atomic mass is 79.9. The maximum atomic E-state index is 10.8. The Morgan fingerprint density at radius 2 is 2.35 bits per heavy atom. The molecule has 0 saturated carbocycles. The summed E-state index contributed by atoms with van der Waals surface area (Å²) >= 11 is 3.14. The lowest BCUT2D eigenvalue weighted by atomic mass is 10.4. The van der Waals surface area contributed by atoms with Crippen molar-refractivity contribution in [1.29, 1.82) is 0 Å². The van der Waals surface area contributed by atoms with E-state index < -0.39 is 4.92 Å². The van der Waals surface area contributed by atoms with Crippen LogP contribution in [-0.2, 0) is 6.54 Å². The number of nitrogens with zero attached hydrogens (tertiary/aromatic N) is 3. The smallest absolute Gasteiger partial charge is 0.312 e. The standard InChI is InChI=1S/C9H8BrN5O2/c10-6-3-7(15(16)17)9(13-4-6)14-5-8-11-1-2-12-8/h1-4H,5H2,(H,11,12)(H,13,14). The van der Waals surface area contributed by atoms with Gasteiger partial charge in [-0.2, -0.15) is 0 Å². The van der Waals surface area contributed by atoms with Gasteiger partial charge in [0, 0.05) is 29.1 Å². The molecule has 2 N–H and O–H groups in total. The van der Waals surface area contributed by atoms with Crippen LogP contribution in [0.25, 0.3) is 0 Å². The molecule has 0 atom stereocenters. The summed E-state index contributed by atoms with van der Waals surface area (Å²) in [5, 5.41) is 13.7. The first kappa shape index (κ1) is 11.5. The fourth-order valence-electron chi connectivity index (χ4n) is 1.27. The first-order valence-electron chi connectivity index (χ1n) is 4.69. The summed E-state index contributed by atoms with van der Waals surface area (Å²) in [6.45, 7) is 0.350. The second-order valence-electron chi connectivity index (χ2n) is 3.17. The van der Waals surface area contributed by atoms with Crippen LogP contribution in [0.5, 0.6) is 0 Å². The molecular weight excluding hydrogens is 290 g/mol. The first-order chi connectivity index (χ1) is 8.16. The van der Waals surface area contributed by atoms with Gasteiger partial charge in [-0.25, -0.2) is 9.97 Å². The van der Waals surface area contributed by atoms with Crippen molar-refractivity contribution < 1.29 is 4.92 Å². The zero-order chi connectivity index (χ0) is 12.3. The monoisotopic (exact) mass is 297 g/mol. The van der Waals surface area contributed by atoms with Gasteiger partial charge in [0.25, 0.3) is 0 Å². The fourth-order valence-corrected chi connectivity index (χ4v) is 1.59. The molecule has 0 bridgehead atoms. The zero-order valence-corrected chi connectivity index (χ0v) is 10.1. The van der Waals surface area contributed by atoms with Gasteiger partial charge in [0.2, 0.25) is 5.82 Å². The predicted molar refractivity (Wildman–Crippen MR) is 64.5 cm³/mol. The van der Waals surface area contributed by atoms with E-state index in [0.29, 0.717) is 16.8 Å². The molecule has 0 aromatic carbocycles. The van der Waals surface area contributed by atoms with E-state index in [9.17, 15) is 10.1 Å². The number of pyridine rings is 1. The predicted octanol–water partition coefficient (Wildman–Crippen LogP) is 2.09. The molecule has 17 heavy (non-hydrogen) atoms. The lowest BCUT2D eigenvalue weighted by molar-refractivity contribution is -0.384. The molecule has 2 heterocycles. The fraction of sp³-hybridized carbons (Fsp3) is 0.111. The molecule has 0 unspecified atom stereocenters. The number of imidazole rings is 1. The molecule has 7 nitrogen and oxygen atoms in total. The summed E-state index contributed by atoms with van der Waals surface area (Å²) in [5.74, 6) is 0.901. The summed E-state index contributed by atoms with van der Waals surface area (Å²) < 4.78 is 0.563. The molecule has 0 aliphatic heterocycles. The third-order valence-electron chi connectivity index (χ3n) is 2.01. The number of H-pyrrole nitrogens is 1. The molecule has 88 valence electrons. The van der Waals surface area contributed by atoms with Crippen LogP contribution in [0.15, 0.2) is 29.1 Å². The van der Waals surface area contributed by atoms with Gasteiger partial charge in [-0.3, -0.25) is 10.1 Å². The molecular formula is C9H8BrN5O2. The average Bonchev–Trinajstić information content (AvgIpc) is 2.80. The quantitative estimate of drug-likeness (QED) is 0.665. The van der Waals surface area contributed by atoms with E-state index in [1.165, 1.54) is 12.3 Å². The number of halogens is 1. The van der Waals surface area contributed by atoms with Crippen LogP contribution in [0.4, 0.5) is 11.5 Å². The summed E-state index contributed by atoms with van der Waals surface area (Å²) in [4.78, 5) is 21.2. The molecule has 2 aromatic heterocycles. The van der Waals surface area contributed by atoms with Crippen molar-refractivity contribution in [2.24, 2.45) is 0 Å². The van der Waals surface area contributed by atoms with E-state index in [4.69, 9.17) is 0 Å². The van der Waals surface area contributed by atoms with Gasteiger partial charge < -0.3 is 10.3 Å². The molecule has 2 rings (SSSR count). The summed E-state index contributed by atoms with van der Waals surface area (Å²) in [5.41, 5.74) is -0.0778. The van der Waals surface area contributed by atoms with E-state index in [-0.39, 0.29) is 11.5 Å². The van der Waals surface area contributed by atoms with E-state index in [0.717, 1.165) is 0 Å². The van der Waals surface area contributed by atoms with Gasteiger partial charge in [-0.15, -0.1) is 0 Å². The Balaban J connectivity index is 2.17. The molecule has 0 fully saturated rings. The Morgan fingerprint density at radius 1 is 1.53 bits per heavy atom. The van der Waals surface area contributed by atoms with E-state index >= 15 is 0 Å². The minimum atomic E-state index is -0.484. The second kappa shape index (κ2) is 4.91. The molecule has 0 spiro atoms. The van der Waals surface area contributed by atoms with Crippen molar-refractivity contribution in [2.75, 3.05) is 5.32 Å². The SMILES string of the molecule is O=[N+]([O-])c1cc(Br)cnc1NCc1ncc[nH]1. The molecule has 0 aliphatic carbocycles. The highest BCUT2D eigenvalue weighted by Crippen LogP contribution is 2.25. The van der Waals surface area contributed by atoms with E-state index in [2.05, 4.69) is 36.2 Å². The lowest BCUT2D eigenvalue weighted by Gasteiger charge is -2.04. The van der Waals surface area contributed by atoms with Crippen molar-refractivity contribution in [2.45, 2.75) is 6.54 Å². The molecule has 0 saturated heterocycles. The van der Waals surface area contributed by atoms with Crippen molar-refractivity contribution in [3.8, 4) is 0 Å². The van der Waals surface area contributed by atoms with Gasteiger partial charge in [0.15, 0.2) is 0 Å². The Kier molecular flexibility index (Phi) is 3.33. The highest BCUT2D eigenvalue weighted by molar-refractivity contribution is 9.10. The minimum absolute atomic E-state index is 0.0778. The number of hydrogen-bond acceptors (Lipinski definition) is 5. The largest absolute Gasteiger partial charge is 0.357 e. The van der Waals surface area contributed by atoms with Crippen molar-refractivity contribution in [1.82, 2.24) is 15.0 Å². The van der Waals surface area contributed by atoms with Crippen molar-refractivity contribution in [3.63, 3.8) is 0 Å². The second-order valence-corrected chi connectivity index (χ2v) is 4.08. The third kappa shape index (κ3) is 2.78. The number of nitro groups is 1. The average molecular weight is 298 g/mol. The number of aromatic amines is 1. The molecule has 0 amide bonds. The Bertz CT molecular complexity index is 528. The van der Waals surface area contributed by atoms with Gasteiger partial charge in [-0.05, 0) is 15.9 Å². The van der Waals surface area contributed by atoms with Crippen LogP contribution >= 0.6 is 15.9 Å². The van der Waals surface area contributed by atoms with E-state index in [1.54, 1.807) is 12.4 Å². The maximum Gasteiger partial charge on any atom is 0.312 e. The number of rotatable bonds is 4. The summed E-state index contributed by atoms with van der Waals surface area (Å²) in [6.07, 6.45) is 4.79. The van der Waals surface area contributed by atoms with Crippen molar-refractivity contribution >= 4 is 27.4 Å². The normalized spacial score (nSPS) is 10.2. The number of nitrogens with one attached hydrogen (secondary N) is 2. The zero-order valence-electron chi connectivity index (χ0n) is 8.55. The molecule has 8 heteroatoms. The summed E-state index contributed by atoms with van der Waals surface area (Å²) in [7, 11) is 0. The number of aromatic nitrogens is 3. The number of hydrogen-bond donors (Lipinski definition) is 2. The van der Waals surface area contributed by atoms with Gasteiger partial charge in [0.05, 0.1) is 11.5 Å². The Hall–Kier alpha value is -1.96. The Morgan fingerprint density at radius 3 is 3.00 bits per heavy atom. The third-order valence-corrected chi connectivity index (χ3v) is 2.44. The van der Waals surface area contributed by atoms with Crippen LogP contribution in [0.1, 0.15) is 5.82 Å². The van der Waals surface area contributed by atoms with Crippen LogP contribution in [-0.4, -0.2) is 19.9 Å². The molecule has 0 aliphatic rings. The number of anilines is 1. The van der Waals surface area contributed by atoms with E-state index in [1.807, 2.05) is 0 Å². The lowest BCUT2D eigenvalue weighted by Crippen LogP contribution is -2.05. The molecule has 0 radical (unpaired) electrons. The van der Waals surface area contributed by atoms with Crippen molar-refractivity contribution in [3.05, 3.63) is 45.1 Å². The highest BCUT2D eigenvalue weighted by Gasteiger charge is 2.15. The Labute approximate surface area is 105 Å². The van der Waals surface area contributed by atoms with Gasteiger partial charge >= 0.3 is 5.69 Å². The van der Waals surface area contributed by atoms with Crippen LogP contribution in [0.2, 0.25) is 0 Å². The topological polar surface area (TPSA) is 96.7 Å². The first-order valence-corrected chi connectivity index (χ1v) is 5.48. The maximum absolute atomic E-state index is 10.8. The van der Waals surface area contributed by atoms with Crippen LogP contribution < -0.4 is 5.32 Å². The van der Waals surface area contributed by atoms with Crippen LogP contribution in [0.3, 0.4) is 0 Å². The van der Waals surface area contributed by atoms with Gasteiger partial charge in [0.1, 0.15) is 5.82 Å². The molecule has 2 aromatic rings. The van der Waals surface area contributed by atoms with Crippen LogP contribution in [0, 0.1) is 10.1 Å². The minimum Gasteiger partial charge on any atom is -0.357 e.